The first-order chi connectivity index (χ1) is 17.7. The minimum atomic E-state index is 0.0284. The first-order valence-electron chi connectivity index (χ1n) is 13.7. The molecule has 1 aromatic carbocycles. The maximum Gasteiger partial charge on any atom is 0.273 e. The molecule has 3 heterocycles. The second kappa shape index (κ2) is 10.9. The number of nitrogens with one attached hydrogen (secondary N) is 1. The first kappa shape index (κ1) is 23.9. The lowest BCUT2D eigenvalue weighted by molar-refractivity contribution is 0.0921. The maximum atomic E-state index is 13.0. The highest BCUT2D eigenvalue weighted by Crippen LogP contribution is 2.33. The van der Waals surface area contributed by atoms with E-state index >= 15 is 0 Å². The van der Waals surface area contributed by atoms with Crippen molar-refractivity contribution in [3.8, 4) is 5.19 Å². The summed E-state index contributed by atoms with van der Waals surface area (Å²) in [5, 5.41) is 5.12. The van der Waals surface area contributed by atoms with Crippen LogP contribution in [0.15, 0.2) is 36.5 Å². The van der Waals surface area contributed by atoms with Crippen LogP contribution >= 0.6 is 11.3 Å². The average molecular weight is 505 g/mol. The van der Waals surface area contributed by atoms with E-state index in [4.69, 9.17) is 9.72 Å². The number of carbonyl (C=O) groups is 1. The molecule has 190 valence electrons. The molecule has 2 aromatic heterocycles. The Balaban J connectivity index is 0.952. The summed E-state index contributed by atoms with van der Waals surface area (Å²) < 4.78 is 6.16. The molecule has 0 saturated heterocycles. The maximum absolute atomic E-state index is 13.0. The van der Waals surface area contributed by atoms with E-state index in [1.165, 1.54) is 55.5 Å². The van der Waals surface area contributed by atoms with Crippen LogP contribution in [0, 0.1) is 5.92 Å². The summed E-state index contributed by atoms with van der Waals surface area (Å²) in [6.45, 7) is 3.23. The van der Waals surface area contributed by atoms with Crippen LogP contribution in [0.5, 0.6) is 5.19 Å². The summed E-state index contributed by atoms with van der Waals surface area (Å²) in [6.07, 6.45) is 14.0. The summed E-state index contributed by atoms with van der Waals surface area (Å²) in [4.78, 5) is 26.2. The molecule has 0 unspecified atom stereocenters. The van der Waals surface area contributed by atoms with Gasteiger partial charge >= 0.3 is 0 Å². The predicted octanol–water partition coefficient (Wildman–Crippen LogP) is 5.75. The zero-order valence-corrected chi connectivity index (χ0v) is 21.8. The molecule has 0 radical (unpaired) electrons. The highest BCUT2D eigenvalue weighted by molar-refractivity contribution is 7.13. The van der Waals surface area contributed by atoms with Crippen LogP contribution in [0.1, 0.15) is 78.7 Å². The second-order valence-electron chi connectivity index (χ2n) is 10.8. The molecular weight excluding hydrogens is 468 g/mol. The van der Waals surface area contributed by atoms with Gasteiger partial charge in [-0.1, -0.05) is 23.5 Å². The van der Waals surface area contributed by atoms with Crippen molar-refractivity contribution in [2.75, 3.05) is 13.1 Å². The Bertz CT molecular complexity index is 1190. The normalized spacial score (nSPS) is 23.0. The van der Waals surface area contributed by atoms with Crippen LogP contribution in [-0.4, -0.2) is 46.0 Å². The molecule has 1 N–H and O–H groups in total. The molecule has 0 spiro atoms. The number of amides is 1. The van der Waals surface area contributed by atoms with Gasteiger partial charge in [-0.15, -0.1) is 0 Å². The SMILES string of the molecule is O=C(NC1CCC(CCN2CCc3sc(OC4CCCC4)nc3C2)CC1)c1cccc2ncccc12. The van der Waals surface area contributed by atoms with Crippen LogP contribution < -0.4 is 10.1 Å². The van der Waals surface area contributed by atoms with Crippen LogP contribution in [-0.2, 0) is 13.0 Å². The summed E-state index contributed by atoms with van der Waals surface area (Å²) in [5.74, 6) is 0.777. The summed E-state index contributed by atoms with van der Waals surface area (Å²) >= 11 is 1.78. The number of hydrogen-bond acceptors (Lipinski definition) is 6. The van der Waals surface area contributed by atoms with Crippen LogP contribution in [0.3, 0.4) is 0 Å². The van der Waals surface area contributed by atoms with Crippen molar-refractivity contribution in [1.29, 1.82) is 0 Å². The third-order valence-electron chi connectivity index (χ3n) is 8.28. The molecule has 6 nitrogen and oxygen atoms in total. The number of thiazole rings is 1. The van der Waals surface area contributed by atoms with Gasteiger partial charge in [0.1, 0.15) is 6.10 Å². The fourth-order valence-electron chi connectivity index (χ4n) is 6.14. The molecule has 2 aliphatic carbocycles. The number of nitrogens with zero attached hydrogens (tertiary/aromatic N) is 3. The van der Waals surface area contributed by atoms with Crippen LogP contribution in [0.4, 0.5) is 0 Å². The summed E-state index contributed by atoms with van der Waals surface area (Å²) in [6, 6.07) is 9.92. The molecule has 1 aliphatic heterocycles. The van der Waals surface area contributed by atoms with E-state index in [0.717, 1.165) is 66.5 Å². The van der Waals surface area contributed by atoms with E-state index in [1.54, 1.807) is 17.5 Å². The van der Waals surface area contributed by atoms with Crippen LogP contribution in [0.25, 0.3) is 10.9 Å². The molecule has 2 saturated carbocycles. The predicted molar refractivity (Wildman–Crippen MR) is 144 cm³/mol. The van der Waals surface area contributed by atoms with E-state index < -0.39 is 0 Å². The summed E-state index contributed by atoms with van der Waals surface area (Å²) in [7, 11) is 0. The van der Waals surface area contributed by atoms with Crippen molar-refractivity contribution in [3.05, 3.63) is 52.7 Å². The zero-order chi connectivity index (χ0) is 24.3. The van der Waals surface area contributed by atoms with Gasteiger partial charge in [0.05, 0.1) is 11.2 Å². The van der Waals surface area contributed by atoms with Gasteiger partial charge in [0.15, 0.2) is 0 Å². The Kier molecular flexibility index (Phi) is 7.19. The Morgan fingerprint density at radius 2 is 1.94 bits per heavy atom. The van der Waals surface area contributed by atoms with Gasteiger partial charge in [-0.3, -0.25) is 14.7 Å². The molecule has 0 atom stereocenters. The van der Waals surface area contributed by atoms with Gasteiger partial charge in [0, 0.05) is 41.2 Å². The van der Waals surface area contributed by atoms with E-state index in [0.29, 0.717) is 6.10 Å². The van der Waals surface area contributed by atoms with Crippen molar-refractivity contribution < 1.29 is 9.53 Å². The molecule has 0 bridgehead atoms. The number of hydrogen-bond donors (Lipinski definition) is 1. The number of rotatable bonds is 7. The standard InChI is InChI=1S/C29H36N4O2S/c34-28(24-7-3-9-25-23(24)8-4-16-30-25)31-21-12-10-20(11-13-21)14-17-33-18-15-27-26(19-33)32-29(36-27)35-22-5-1-2-6-22/h3-4,7-9,16,20-22H,1-2,5-6,10-15,17-19H2,(H,31,34). The fourth-order valence-corrected chi connectivity index (χ4v) is 7.12. The molecule has 36 heavy (non-hydrogen) atoms. The van der Waals surface area contributed by atoms with Crippen molar-refractivity contribution >= 4 is 28.1 Å². The van der Waals surface area contributed by atoms with Crippen molar-refractivity contribution in [2.45, 2.75) is 82.9 Å². The number of aromatic nitrogens is 2. The molecule has 3 aliphatic rings. The van der Waals surface area contributed by atoms with Gasteiger partial charge in [-0.25, -0.2) is 4.98 Å². The van der Waals surface area contributed by atoms with Crippen molar-refractivity contribution in [1.82, 2.24) is 20.2 Å². The summed E-state index contributed by atoms with van der Waals surface area (Å²) in [5.41, 5.74) is 2.84. The fraction of sp³-hybridized carbons (Fsp3) is 0.552. The molecular formula is C29H36N4O2S. The number of ether oxygens (including phenoxy) is 1. The number of fused-ring (bicyclic) bond motifs is 2. The monoisotopic (exact) mass is 504 g/mol. The van der Waals surface area contributed by atoms with Gasteiger partial charge in [-0.2, -0.15) is 0 Å². The van der Waals surface area contributed by atoms with Gasteiger partial charge < -0.3 is 10.1 Å². The van der Waals surface area contributed by atoms with Crippen LogP contribution in [0.2, 0.25) is 0 Å². The van der Waals surface area contributed by atoms with Gasteiger partial charge in [-0.05, 0) is 94.9 Å². The lowest BCUT2D eigenvalue weighted by Gasteiger charge is -2.32. The average Bonchev–Trinajstić information content (AvgIpc) is 3.57. The third-order valence-corrected chi connectivity index (χ3v) is 9.33. The van der Waals surface area contributed by atoms with E-state index in [1.807, 2.05) is 30.3 Å². The minimum absolute atomic E-state index is 0.0284. The first-order valence-corrected chi connectivity index (χ1v) is 14.5. The highest BCUT2D eigenvalue weighted by atomic mass is 32.1. The largest absolute Gasteiger partial charge is 0.467 e. The van der Waals surface area contributed by atoms with Crippen molar-refractivity contribution in [3.63, 3.8) is 0 Å². The zero-order valence-electron chi connectivity index (χ0n) is 21.0. The molecule has 3 aromatic rings. The number of pyridine rings is 1. The Labute approximate surface area is 217 Å². The third kappa shape index (κ3) is 5.42. The smallest absolute Gasteiger partial charge is 0.273 e. The lowest BCUT2D eigenvalue weighted by atomic mass is 9.84. The molecule has 7 heteroatoms. The Hall–Kier alpha value is -2.51. The molecule has 1 amide bonds. The topological polar surface area (TPSA) is 67.4 Å². The minimum Gasteiger partial charge on any atom is -0.467 e. The van der Waals surface area contributed by atoms with Crippen molar-refractivity contribution in [2.24, 2.45) is 5.92 Å². The van der Waals surface area contributed by atoms with E-state index in [9.17, 15) is 4.79 Å². The van der Waals surface area contributed by atoms with E-state index in [2.05, 4.69) is 15.2 Å². The second-order valence-corrected chi connectivity index (χ2v) is 11.8. The lowest BCUT2D eigenvalue weighted by Crippen LogP contribution is -2.38. The van der Waals surface area contributed by atoms with Gasteiger partial charge in [0.25, 0.3) is 11.1 Å². The highest BCUT2D eigenvalue weighted by Gasteiger charge is 2.26. The van der Waals surface area contributed by atoms with Gasteiger partial charge in [0.2, 0.25) is 0 Å². The Morgan fingerprint density at radius 1 is 1.08 bits per heavy atom. The molecule has 2 fully saturated rings. The number of carbonyl (C=O) groups excluding carboxylic acids is 1. The number of benzene rings is 1. The quantitative estimate of drug-likeness (QED) is 0.444. The molecule has 6 rings (SSSR count). The van der Waals surface area contributed by atoms with E-state index in [-0.39, 0.29) is 11.9 Å². The Morgan fingerprint density at radius 3 is 2.81 bits per heavy atom.